The number of aliphatic imine (C=N–C) groups is 1. The van der Waals surface area contributed by atoms with Gasteiger partial charge in [-0.2, -0.15) is 0 Å². The van der Waals surface area contributed by atoms with E-state index in [9.17, 15) is 19.2 Å². The molecular weight excluding hydrogens is 578 g/mol. The molecule has 2 aliphatic rings. The molecule has 12 nitrogen and oxygen atoms in total. The van der Waals surface area contributed by atoms with Gasteiger partial charge in [-0.05, 0) is 50.6 Å². The minimum Gasteiger partial charge on any atom is -0.487 e. The molecule has 1 saturated heterocycles. The normalized spacial score (nSPS) is 18.7. The van der Waals surface area contributed by atoms with Crippen molar-refractivity contribution in [2.24, 2.45) is 4.99 Å². The van der Waals surface area contributed by atoms with Crippen LogP contribution in [0.3, 0.4) is 0 Å². The van der Waals surface area contributed by atoms with E-state index in [1.54, 1.807) is 30.3 Å². The molecule has 224 valence electrons. The lowest BCUT2D eigenvalue weighted by Crippen LogP contribution is -2.55. The Morgan fingerprint density at radius 3 is 2.53 bits per heavy atom. The van der Waals surface area contributed by atoms with E-state index in [1.807, 2.05) is 20.8 Å². The first-order valence-electron chi connectivity index (χ1n) is 13.6. The van der Waals surface area contributed by atoms with Gasteiger partial charge in [-0.3, -0.25) is 24.3 Å². The van der Waals surface area contributed by atoms with Gasteiger partial charge >= 0.3 is 12.0 Å². The Hall–Kier alpha value is -4.71. The van der Waals surface area contributed by atoms with Crippen LogP contribution in [-0.4, -0.2) is 74.7 Å². The number of hydrogen-bond donors (Lipinski definition) is 2. The Morgan fingerprint density at radius 1 is 1.16 bits per heavy atom. The topological polar surface area (TPSA) is 155 Å². The predicted octanol–water partition coefficient (Wildman–Crippen LogP) is 4.26. The SMILES string of the molecule is CC(C)(C)Oc1cc(C(=O)CC(=O)O)ccc1C1=N[C@@H](c2cnco2)[C@@H](c2ccc(Cl)cc2)N1C(=O)N1CCNC(=O)C1. The Balaban J connectivity index is 1.69. The van der Waals surface area contributed by atoms with Crippen molar-refractivity contribution in [1.82, 2.24) is 20.1 Å². The number of hydrogen-bond acceptors (Lipinski definition) is 8. The molecule has 3 heterocycles. The van der Waals surface area contributed by atoms with Crippen LogP contribution in [0, 0.1) is 0 Å². The summed E-state index contributed by atoms with van der Waals surface area (Å²) in [5.41, 5.74) is 0.487. The molecule has 3 aromatic rings. The summed E-state index contributed by atoms with van der Waals surface area (Å²) in [6.45, 7) is 5.90. The van der Waals surface area contributed by atoms with Gasteiger partial charge in [0.25, 0.3) is 0 Å². The highest BCUT2D eigenvalue weighted by atomic mass is 35.5. The van der Waals surface area contributed by atoms with Gasteiger partial charge in [-0.15, -0.1) is 0 Å². The second kappa shape index (κ2) is 11.9. The molecule has 2 aliphatic heterocycles. The number of nitrogens with zero attached hydrogens (tertiary/aromatic N) is 4. The van der Waals surface area contributed by atoms with Crippen LogP contribution >= 0.6 is 11.6 Å². The number of carbonyl (C=O) groups is 4. The van der Waals surface area contributed by atoms with E-state index in [4.69, 9.17) is 30.9 Å². The average molecular weight is 608 g/mol. The molecule has 1 aromatic heterocycles. The van der Waals surface area contributed by atoms with E-state index in [0.29, 0.717) is 28.5 Å². The monoisotopic (exact) mass is 607 g/mol. The van der Waals surface area contributed by atoms with E-state index in [-0.39, 0.29) is 36.1 Å². The molecule has 0 spiro atoms. The fourth-order valence-electron chi connectivity index (χ4n) is 5.02. The molecule has 0 bridgehead atoms. The number of Topliss-reactive ketones (excluding diaryl/α,β-unsaturated/α-hetero) is 1. The van der Waals surface area contributed by atoms with Gasteiger partial charge in [-0.25, -0.2) is 9.78 Å². The molecule has 1 fully saturated rings. The van der Waals surface area contributed by atoms with Crippen LogP contribution in [0.4, 0.5) is 4.79 Å². The second-order valence-corrected chi connectivity index (χ2v) is 11.6. The number of carboxylic acid groups (broad SMARTS) is 1. The summed E-state index contributed by atoms with van der Waals surface area (Å²) >= 11 is 6.20. The molecule has 2 atom stereocenters. The van der Waals surface area contributed by atoms with E-state index < -0.39 is 41.9 Å². The fraction of sp³-hybridized carbons (Fsp3) is 0.333. The summed E-state index contributed by atoms with van der Waals surface area (Å²) in [7, 11) is 0. The van der Waals surface area contributed by atoms with Crippen LogP contribution in [0.15, 0.2) is 64.5 Å². The third-order valence-corrected chi connectivity index (χ3v) is 7.06. The zero-order chi connectivity index (χ0) is 30.9. The smallest absolute Gasteiger partial charge is 0.326 e. The van der Waals surface area contributed by atoms with Crippen LogP contribution < -0.4 is 10.1 Å². The van der Waals surface area contributed by atoms with Crippen molar-refractivity contribution in [3.8, 4) is 5.75 Å². The van der Waals surface area contributed by atoms with Crippen LogP contribution in [0.1, 0.15) is 66.5 Å². The van der Waals surface area contributed by atoms with Crippen molar-refractivity contribution >= 4 is 41.1 Å². The van der Waals surface area contributed by atoms with E-state index in [0.717, 1.165) is 0 Å². The number of ether oxygens (including phenoxy) is 1. The zero-order valence-electron chi connectivity index (χ0n) is 23.7. The zero-order valence-corrected chi connectivity index (χ0v) is 24.5. The van der Waals surface area contributed by atoms with Crippen LogP contribution in [0.5, 0.6) is 5.75 Å². The average Bonchev–Trinajstić information content (AvgIpc) is 3.60. The lowest BCUT2D eigenvalue weighted by atomic mass is 9.97. The van der Waals surface area contributed by atoms with Gasteiger partial charge in [0, 0.05) is 23.7 Å². The van der Waals surface area contributed by atoms with Crippen molar-refractivity contribution in [2.75, 3.05) is 19.6 Å². The highest BCUT2D eigenvalue weighted by molar-refractivity contribution is 6.30. The summed E-state index contributed by atoms with van der Waals surface area (Å²) in [6, 6.07) is 9.59. The van der Waals surface area contributed by atoms with Crippen molar-refractivity contribution < 1.29 is 33.4 Å². The maximum absolute atomic E-state index is 14.3. The molecule has 0 aliphatic carbocycles. The number of aromatic nitrogens is 1. The molecule has 0 radical (unpaired) electrons. The third kappa shape index (κ3) is 6.54. The van der Waals surface area contributed by atoms with E-state index in [2.05, 4.69) is 10.3 Å². The number of amidine groups is 1. The van der Waals surface area contributed by atoms with E-state index in [1.165, 1.54) is 34.5 Å². The van der Waals surface area contributed by atoms with Gasteiger partial charge < -0.3 is 24.5 Å². The maximum atomic E-state index is 14.3. The number of aliphatic carboxylic acids is 1. The molecule has 13 heteroatoms. The summed E-state index contributed by atoms with van der Waals surface area (Å²) in [5, 5.41) is 12.4. The van der Waals surface area contributed by atoms with Crippen LogP contribution in [0.2, 0.25) is 5.02 Å². The lowest BCUT2D eigenvalue weighted by Gasteiger charge is -2.35. The summed E-state index contributed by atoms with van der Waals surface area (Å²) in [5.74, 6) is -1.30. The van der Waals surface area contributed by atoms with Gasteiger partial charge in [0.2, 0.25) is 5.91 Å². The standard InChI is InChI=1S/C30H30ClN5O7/c1-30(2,3)43-22-12-18(21(37)13-25(39)40)6-9-20(22)28-34-26(23-14-32-16-42-23)27(17-4-7-19(31)8-5-17)36(28)29(41)35-11-10-33-24(38)15-35/h4-9,12,14,16,26-27H,10-11,13,15H2,1-3H3,(H,33,38)(H,39,40)/t26-,27+/m0/s1. The molecule has 0 saturated carbocycles. The first kappa shape index (κ1) is 29.8. The molecule has 2 aromatic carbocycles. The molecule has 5 rings (SSSR count). The maximum Gasteiger partial charge on any atom is 0.326 e. The number of benzene rings is 2. The highest BCUT2D eigenvalue weighted by Crippen LogP contribution is 2.45. The molecule has 43 heavy (non-hydrogen) atoms. The van der Waals surface area contributed by atoms with Gasteiger partial charge in [0.15, 0.2) is 17.9 Å². The Morgan fingerprint density at radius 2 is 1.91 bits per heavy atom. The number of halogens is 1. The quantitative estimate of drug-likeness (QED) is 0.298. The van der Waals surface area contributed by atoms with Crippen molar-refractivity contribution in [3.63, 3.8) is 0 Å². The fourth-order valence-corrected chi connectivity index (χ4v) is 5.14. The van der Waals surface area contributed by atoms with Crippen molar-refractivity contribution in [2.45, 2.75) is 44.9 Å². The van der Waals surface area contributed by atoms with Crippen LogP contribution in [-0.2, 0) is 9.59 Å². The Kier molecular flexibility index (Phi) is 8.23. The second-order valence-electron chi connectivity index (χ2n) is 11.1. The summed E-state index contributed by atoms with van der Waals surface area (Å²) in [4.78, 5) is 62.5. The number of piperazine rings is 1. The number of nitrogens with one attached hydrogen (secondary N) is 1. The minimum atomic E-state index is -1.25. The molecule has 0 unspecified atom stereocenters. The number of rotatable bonds is 7. The number of oxazole rings is 1. The number of urea groups is 1. The Labute approximate surface area is 252 Å². The minimum absolute atomic E-state index is 0.135. The summed E-state index contributed by atoms with van der Waals surface area (Å²) < 4.78 is 11.9. The predicted molar refractivity (Wildman–Crippen MR) is 155 cm³/mol. The highest BCUT2D eigenvalue weighted by Gasteiger charge is 2.46. The van der Waals surface area contributed by atoms with Gasteiger partial charge in [0.1, 0.15) is 36.2 Å². The third-order valence-electron chi connectivity index (χ3n) is 6.81. The van der Waals surface area contributed by atoms with E-state index >= 15 is 0 Å². The van der Waals surface area contributed by atoms with Crippen molar-refractivity contribution in [3.05, 3.63) is 82.5 Å². The van der Waals surface area contributed by atoms with Crippen molar-refractivity contribution in [1.29, 1.82) is 0 Å². The largest absolute Gasteiger partial charge is 0.487 e. The number of carboxylic acids is 1. The van der Waals surface area contributed by atoms with Gasteiger partial charge in [0.05, 0.1) is 17.8 Å². The molecular formula is C30H30ClN5O7. The number of amides is 3. The number of carbonyl (C=O) groups excluding carboxylic acids is 3. The molecule has 2 N–H and O–H groups in total. The number of ketones is 1. The van der Waals surface area contributed by atoms with Crippen LogP contribution in [0.25, 0.3) is 0 Å². The lowest BCUT2D eigenvalue weighted by molar-refractivity contribution is -0.136. The summed E-state index contributed by atoms with van der Waals surface area (Å²) in [6.07, 6.45) is 2.11. The Bertz CT molecular complexity index is 1580. The first-order valence-corrected chi connectivity index (χ1v) is 13.9. The molecule has 3 amide bonds. The first-order chi connectivity index (χ1) is 20.4. The van der Waals surface area contributed by atoms with Gasteiger partial charge in [-0.1, -0.05) is 29.8 Å².